The minimum absolute atomic E-state index is 0.0444. The summed E-state index contributed by atoms with van der Waals surface area (Å²) < 4.78 is 1.71. The minimum atomic E-state index is 0.0444. The lowest BCUT2D eigenvalue weighted by Crippen LogP contribution is -2.18. The summed E-state index contributed by atoms with van der Waals surface area (Å²) >= 11 is 0. The number of nitrogens with zero attached hydrogens (tertiary/aromatic N) is 3. The predicted molar refractivity (Wildman–Crippen MR) is 59.9 cm³/mol. The molecule has 0 fully saturated rings. The number of aromatic hydroxyl groups is 1. The zero-order chi connectivity index (χ0) is 11.4. The summed E-state index contributed by atoms with van der Waals surface area (Å²) in [6.07, 6.45) is 3.13. The molecule has 5 nitrogen and oxygen atoms in total. The Kier molecular flexibility index (Phi) is 3.16. The lowest BCUT2D eigenvalue weighted by molar-refractivity contribution is 0.446. The van der Waals surface area contributed by atoms with Crippen LogP contribution in [-0.4, -0.2) is 26.4 Å². The molecule has 1 heterocycles. The second kappa shape index (κ2) is 4.76. The van der Waals surface area contributed by atoms with Gasteiger partial charge in [0.1, 0.15) is 18.4 Å². The van der Waals surface area contributed by atoms with Gasteiger partial charge in [0.2, 0.25) is 0 Å². The van der Waals surface area contributed by atoms with Crippen LogP contribution in [0.3, 0.4) is 0 Å². The van der Waals surface area contributed by atoms with E-state index in [2.05, 4.69) is 10.1 Å². The first-order valence-corrected chi connectivity index (χ1v) is 5.11. The van der Waals surface area contributed by atoms with Crippen molar-refractivity contribution in [2.24, 2.45) is 5.73 Å². The number of rotatable bonds is 4. The van der Waals surface area contributed by atoms with Crippen molar-refractivity contribution in [1.29, 1.82) is 0 Å². The van der Waals surface area contributed by atoms with Gasteiger partial charge < -0.3 is 10.8 Å². The Hall–Kier alpha value is -1.88. The molecule has 84 valence electrons. The van der Waals surface area contributed by atoms with Crippen LogP contribution in [0, 0.1) is 0 Å². The molecular formula is C11H14N4O. The molecule has 0 aliphatic heterocycles. The molecule has 1 aromatic heterocycles. The molecule has 0 aliphatic rings. The normalized spacial score (nSPS) is 12.6. The van der Waals surface area contributed by atoms with Crippen LogP contribution in [0.15, 0.2) is 36.9 Å². The molecule has 1 atom stereocenters. The van der Waals surface area contributed by atoms with Crippen LogP contribution >= 0.6 is 0 Å². The summed E-state index contributed by atoms with van der Waals surface area (Å²) in [5, 5.41) is 13.8. The number of phenols is 1. The number of hydrogen-bond donors (Lipinski definition) is 2. The average Bonchev–Trinajstić information content (AvgIpc) is 2.80. The Labute approximate surface area is 93.5 Å². The van der Waals surface area contributed by atoms with E-state index in [1.54, 1.807) is 23.1 Å². The minimum Gasteiger partial charge on any atom is -0.508 e. The third kappa shape index (κ3) is 2.20. The maximum absolute atomic E-state index is 9.74. The highest BCUT2D eigenvalue weighted by Crippen LogP contribution is 2.25. The third-order valence-corrected chi connectivity index (χ3v) is 2.54. The molecule has 2 rings (SSSR count). The fraction of sp³-hybridized carbons (Fsp3) is 0.273. The fourth-order valence-corrected chi connectivity index (χ4v) is 1.69. The highest BCUT2D eigenvalue weighted by Gasteiger charge is 2.14. The van der Waals surface area contributed by atoms with Gasteiger partial charge in [-0.25, -0.2) is 4.98 Å². The first-order chi connectivity index (χ1) is 7.81. The van der Waals surface area contributed by atoms with E-state index in [-0.39, 0.29) is 11.7 Å². The van der Waals surface area contributed by atoms with Crippen LogP contribution in [0.2, 0.25) is 0 Å². The van der Waals surface area contributed by atoms with Crippen molar-refractivity contribution in [1.82, 2.24) is 14.8 Å². The molecule has 16 heavy (non-hydrogen) atoms. The molecule has 5 heteroatoms. The van der Waals surface area contributed by atoms with Crippen LogP contribution in [0.1, 0.15) is 11.5 Å². The molecule has 0 spiro atoms. The van der Waals surface area contributed by atoms with E-state index < -0.39 is 0 Å². The van der Waals surface area contributed by atoms with Gasteiger partial charge >= 0.3 is 0 Å². The number of phenolic OH excluding ortho intramolecular Hbond substituents is 1. The zero-order valence-corrected chi connectivity index (χ0v) is 8.82. The number of hydrogen-bond acceptors (Lipinski definition) is 4. The molecule has 0 saturated heterocycles. The Morgan fingerprint density at radius 2 is 2.19 bits per heavy atom. The molecule has 0 saturated carbocycles. The van der Waals surface area contributed by atoms with Crippen LogP contribution in [0.4, 0.5) is 0 Å². The standard InChI is InChI=1S/C11H14N4O/c12-5-9(6-15-8-13-7-14-15)10-3-1-2-4-11(10)16/h1-4,7-9,16H,5-6,12H2. The maximum atomic E-state index is 9.74. The molecule has 1 unspecified atom stereocenters. The Balaban J connectivity index is 2.20. The van der Waals surface area contributed by atoms with Crippen molar-refractivity contribution in [2.75, 3.05) is 6.54 Å². The number of para-hydroxylation sites is 1. The highest BCUT2D eigenvalue weighted by molar-refractivity contribution is 5.35. The zero-order valence-electron chi connectivity index (χ0n) is 8.82. The lowest BCUT2D eigenvalue weighted by atomic mass is 9.98. The van der Waals surface area contributed by atoms with Crippen molar-refractivity contribution in [3.8, 4) is 5.75 Å². The molecule has 0 bridgehead atoms. The summed E-state index contributed by atoms with van der Waals surface area (Å²) in [4.78, 5) is 3.87. The van der Waals surface area contributed by atoms with Gasteiger partial charge in [-0.3, -0.25) is 4.68 Å². The van der Waals surface area contributed by atoms with E-state index in [0.717, 1.165) is 5.56 Å². The Morgan fingerprint density at radius 3 is 2.81 bits per heavy atom. The summed E-state index contributed by atoms with van der Waals surface area (Å²) in [5.41, 5.74) is 6.57. The van der Waals surface area contributed by atoms with Gasteiger partial charge in [-0.1, -0.05) is 18.2 Å². The van der Waals surface area contributed by atoms with Crippen molar-refractivity contribution >= 4 is 0 Å². The van der Waals surface area contributed by atoms with Gasteiger partial charge in [0.25, 0.3) is 0 Å². The first kappa shape index (κ1) is 10.6. The monoisotopic (exact) mass is 218 g/mol. The van der Waals surface area contributed by atoms with Crippen molar-refractivity contribution in [3.63, 3.8) is 0 Å². The fourth-order valence-electron chi connectivity index (χ4n) is 1.69. The first-order valence-electron chi connectivity index (χ1n) is 5.11. The second-order valence-corrected chi connectivity index (χ2v) is 3.61. The van der Waals surface area contributed by atoms with E-state index in [1.165, 1.54) is 6.33 Å². The second-order valence-electron chi connectivity index (χ2n) is 3.61. The Bertz CT molecular complexity index is 441. The number of nitrogens with two attached hydrogens (primary N) is 1. The average molecular weight is 218 g/mol. The molecule has 0 aliphatic carbocycles. The molecule has 0 radical (unpaired) electrons. The van der Waals surface area contributed by atoms with Crippen LogP contribution < -0.4 is 5.73 Å². The third-order valence-electron chi connectivity index (χ3n) is 2.54. The lowest BCUT2D eigenvalue weighted by Gasteiger charge is -2.16. The van der Waals surface area contributed by atoms with Gasteiger partial charge in [0, 0.05) is 18.0 Å². The molecule has 3 N–H and O–H groups in total. The van der Waals surface area contributed by atoms with E-state index >= 15 is 0 Å². The van der Waals surface area contributed by atoms with Crippen LogP contribution in [0.5, 0.6) is 5.75 Å². The van der Waals surface area contributed by atoms with E-state index in [1.807, 2.05) is 12.1 Å². The van der Waals surface area contributed by atoms with Crippen LogP contribution in [0.25, 0.3) is 0 Å². The van der Waals surface area contributed by atoms with Crippen molar-refractivity contribution in [2.45, 2.75) is 12.5 Å². The summed E-state index contributed by atoms with van der Waals surface area (Å²) in [6.45, 7) is 1.07. The summed E-state index contributed by atoms with van der Waals surface area (Å²) in [6, 6.07) is 7.23. The SMILES string of the molecule is NCC(Cn1cncn1)c1ccccc1O. The number of aromatic nitrogens is 3. The van der Waals surface area contributed by atoms with Gasteiger partial charge in [-0.05, 0) is 6.07 Å². The van der Waals surface area contributed by atoms with E-state index in [9.17, 15) is 5.11 Å². The summed E-state index contributed by atoms with van der Waals surface area (Å²) in [5.74, 6) is 0.320. The van der Waals surface area contributed by atoms with Gasteiger partial charge in [-0.2, -0.15) is 5.10 Å². The van der Waals surface area contributed by atoms with Gasteiger partial charge in [0.05, 0.1) is 6.54 Å². The molecule has 0 amide bonds. The van der Waals surface area contributed by atoms with E-state index in [4.69, 9.17) is 5.73 Å². The smallest absolute Gasteiger partial charge is 0.137 e. The summed E-state index contributed by atoms with van der Waals surface area (Å²) in [7, 11) is 0. The van der Waals surface area contributed by atoms with E-state index in [0.29, 0.717) is 13.1 Å². The van der Waals surface area contributed by atoms with Gasteiger partial charge in [0.15, 0.2) is 0 Å². The number of benzene rings is 1. The topological polar surface area (TPSA) is 77.0 Å². The molecular weight excluding hydrogens is 204 g/mol. The molecule has 1 aromatic carbocycles. The maximum Gasteiger partial charge on any atom is 0.137 e. The van der Waals surface area contributed by atoms with Crippen molar-refractivity contribution in [3.05, 3.63) is 42.5 Å². The van der Waals surface area contributed by atoms with Gasteiger partial charge in [-0.15, -0.1) is 0 Å². The Morgan fingerprint density at radius 1 is 1.38 bits per heavy atom. The quantitative estimate of drug-likeness (QED) is 0.793. The molecule has 2 aromatic rings. The predicted octanol–water partition coefficient (Wildman–Crippen LogP) is 0.726. The van der Waals surface area contributed by atoms with Crippen LogP contribution in [-0.2, 0) is 6.54 Å². The van der Waals surface area contributed by atoms with Crippen molar-refractivity contribution < 1.29 is 5.11 Å². The largest absolute Gasteiger partial charge is 0.508 e. The highest BCUT2D eigenvalue weighted by atomic mass is 16.3.